The van der Waals surface area contributed by atoms with Crippen molar-refractivity contribution >= 4 is 29.0 Å². The maximum absolute atomic E-state index is 14.4. The fourth-order valence-corrected chi connectivity index (χ4v) is 2.82. The number of carbonyl (C=O) groups excluding carboxylic acids is 1. The van der Waals surface area contributed by atoms with Crippen molar-refractivity contribution in [1.82, 2.24) is 15.3 Å². The molecule has 7 nitrogen and oxygen atoms in total. The molecular formula is C25H26F2N6O. The zero-order chi connectivity index (χ0) is 24.5. The van der Waals surface area contributed by atoms with E-state index in [1.165, 1.54) is 36.5 Å². The van der Waals surface area contributed by atoms with Gasteiger partial charge in [-0.15, -0.1) is 0 Å². The molecule has 0 aliphatic rings. The fourth-order valence-electron chi connectivity index (χ4n) is 2.82. The molecule has 1 heterocycles. The van der Waals surface area contributed by atoms with Gasteiger partial charge in [0.05, 0.1) is 23.4 Å². The Kier molecular flexibility index (Phi) is 8.48. The second-order valence-electron chi connectivity index (χ2n) is 7.46. The standard InChI is InChI=1S/C25H26F2N6O/c1-4-12-29-23-18(15-30-25(33-23)32-20-7-5-6-19(26)14-20)9-8-17-13-21(10-11-22(17)27)31-24(34)16(2)28-3/h5-7,10-11,13-16,28H,4,12H2,1-3H3,(H,31,34)(H2,29,30,32,33)/t16-/m0/s1. The van der Waals surface area contributed by atoms with Crippen LogP contribution in [0.15, 0.2) is 48.7 Å². The van der Waals surface area contributed by atoms with Crippen LogP contribution in [0.5, 0.6) is 0 Å². The Morgan fingerprint density at radius 1 is 1.09 bits per heavy atom. The first-order valence-corrected chi connectivity index (χ1v) is 10.8. The van der Waals surface area contributed by atoms with E-state index < -0.39 is 11.9 Å². The lowest BCUT2D eigenvalue weighted by Crippen LogP contribution is -2.35. The normalized spacial score (nSPS) is 11.2. The quantitative estimate of drug-likeness (QED) is 0.373. The molecule has 0 saturated carbocycles. The Morgan fingerprint density at radius 2 is 1.88 bits per heavy atom. The number of likely N-dealkylation sites (N-methyl/N-ethyl adjacent to an activating group) is 1. The van der Waals surface area contributed by atoms with E-state index in [-0.39, 0.29) is 23.2 Å². The number of nitrogens with one attached hydrogen (secondary N) is 4. The monoisotopic (exact) mass is 464 g/mol. The number of anilines is 4. The summed E-state index contributed by atoms with van der Waals surface area (Å²) in [5, 5.41) is 11.7. The summed E-state index contributed by atoms with van der Waals surface area (Å²) in [6.07, 6.45) is 2.36. The van der Waals surface area contributed by atoms with E-state index in [2.05, 4.69) is 43.1 Å². The molecule has 3 rings (SSSR count). The van der Waals surface area contributed by atoms with Crippen LogP contribution in [-0.4, -0.2) is 35.5 Å². The topological polar surface area (TPSA) is 91.0 Å². The van der Waals surface area contributed by atoms with Gasteiger partial charge in [-0.25, -0.2) is 13.8 Å². The van der Waals surface area contributed by atoms with E-state index in [4.69, 9.17) is 0 Å². The molecule has 9 heteroatoms. The van der Waals surface area contributed by atoms with Gasteiger partial charge < -0.3 is 21.3 Å². The minimum atomic E-state index is -0.513. The van der Waals surface area contributed by atoms with Gasteiger partial charge in [0.15, 0.2) is 0 Å². The first-order valence-electron chi connectivity index (χ1n) is 10.8. The van der Waals surface area contributed by atoms with Crippen LogP contribution in [0.4, 0.5) is 31.9 Å². The van der Waals surface area contributed by atoms with Gasteiger partial charge in [0.1, 0.15) is 17.5 Å². The lowest BCUT2D eigenvalue weighted by Gasteiger charge is -2.11. The van der Waals surface area contributed by atoms with Crippen molar-refractivity contribution < 1.29 is 13.6 Å². The average Bonchev–Trinajstić information content (AvgIpc) is 2.83. The predicted octanol–water partition coefficient (Wildman–Crippen LogP) is 4.27. The van der Waals surface area contributed by atoms with Crippen LogP contribution in [0.2, 0.25) is 0 Å². The largest absolute Gasteiger partial charge is 0.369 e. The molecule has 2 aromatic carbocycles. The molecule has 176 valence electrons. The lowest BCUT2D eigenvalue weighted by molar-refractivity contribution is -0.117. The summed E-state index contributed by atoms with van der Waals surface area (Å²) in [4.78, 5) is 20.8. The molecule has 0 saturated heterocycles. The van der Waals surface area contributed by atoms with E-state index in [1.54, 1.807) is 26.1 Å². The summed E-state index contributed by atoms with van der Waals surface area (Å²) >= 11 is 0. The van der Waals surface area contributed by atoms with Gasteiger partial charge in [0.2, 0.25) is 11.9 Å². The van der Waals surface area contributed by atoms with Crippen molar-refractivity contribution in [2.24, 2.45) is 0 Å². The number of rotatable bonds is 8. The number of hydrogen-bond donors (Lipinski definition) is 4. The molecule has 1 aromatic heterocycles. The van der Waals surface area contributed by atoms with Crippen LogP contribution in [-0.2, 0) is 4.79 Å². The number of amides is 1. The van der Waals surface area contributed by atoms with Crippen molar-refractivity contribution in [3.63, 3.8) is 0 Å². The van der Waals surface area contributed by atoms with Crippen LogP contribution in [0, 0.1) is 23.5 Å². The molecule has 0 aliphatic carbocycles. The molecule has 34 heavy (non-hydrogen) atoms. The third kappa shape index (κ3) is 6.73. The van der Waals surface area contributed by atoms with E-state index >= 15 is 0 Å². The highest BCUT2D eigenvalue weighted by Gasteiger charge is 2.11. The van der Waals surface area contributed by atoms with Crippen LogP contribution in [0.3, 0.4) is 0 Å². The summed E-state index contributed by atoms with van der Waals surface area (Å²) in [6.45, 7) is 4.37. The SMILES string of the molecule is CCCNc1nc(Nc2cccc(F)c2)ncc1C#Cc1cc(NC(=O)[C@H](C)NC)ccc1F. The number of carbonyl (C=O) groups is 1. The van der Waals surface area contributed by atoms with Crippen LogP contribution < -0.4 is 21.3 Å². The Balaban J connectivity index is 1.86. The second kappa shape index (κ2) is 11.7. The van der Waals surface area contributed by atoms with Crippen molar-refractivity contribution in [3.05, 3.63) is 71.4 Å². The summed E-state index contributed by atoms with van der Waals surface area (Å²) in [5.74, 6) is 5.31. The first-order chi connectivity index (χ1) is 16.4. The van der Waals surface area contributed by atoms with Crippen LogP contribution in [0.1, 0.15) is 31.4 Å². The van der Waals surface area contributed by atoms with E-state index in [9.17, 15) is 13.6 Å². The molecule has 4 N–H and O–H groups in total. The smallest absolute Gasteiger partial charge is 0.241 e. The number of nitrogens with zero attached hydrogens (tertiary/aromatic N) is 2. The first kappa shape index (κ1) is 24.6. The fraction of sp³-hybridized carbons (Fsp3) is 0.240. The van der Waals surface area contributed by atoms with Gasteiger partial charge in [-0.05, 0) is 56.8 Å². The van der Waals surface area contributed by atoms with Gasteiger partial charge in [0, 0.05) is 17.9 Å². The Labute approximate surface area is 197 Å². The highest BCUT2D eigenvalue weighted by atomic mass is 19.1. The molecule has 0 radical (unpaired) electrons. The Morgan fingerprint density at radius 3 is 2.62 bits per heavy atom. The van der Waals surface area contributed by atoms with Gasteiger partial charge in [-0.2, -0.15) is 4.98 Å². The molecular weight excluding hydrogens is 438 g/mol. The number of halogens is 2. The summed E-state index contributed by atoms with van der Waals surface area (Å²) < 4.78 is 27.8. The van der Waals surface area contributed by atoms with Gasteiger partial charge in [-0.1, -0.05) is 24.8 Å². The van der Waals surface area contributed by atoms with Crippen molar-refractivity contribution in [3.8, 4) is 11.8 Å². The summed E-state index contributed by atoms with van der Waals surface area (Å²) in [5.41, 5.74) is 1.54. The lowest BCUT2D eigenvalue weighted by atomic mass is 10.1. The Bertz CT molecular complexity index is 1220. The molecule has 3 aromatic rings. The van der Waals surface area contributed by atoms with Gasteiger partial charge >= 0.3 is 0 Å². The van der Waals surface area contributed by atoms with E-state index in [1.807, 2.05) is 6.92 Å². The highest BCUT2D eigenvalue weighted by Crippen LogP contribution is 2.19. The van der Waals surface area contributed by atoms with Crippen molar-refractivity contribution in [1.29, 1.82) is 0 Å². The summed E-state index contributed by atoms with van der Waals surface area (Å²) in [6, 6.07) is 9.77. The third-order valence-corrected chi connectivity index (χ3v) is 4.80. The second-order valence-corrected chi connectivity index (χ2v) is 7.46. The van der Waals surface area contributed by atoms with E-state index in [0.29, 0.717) is 29.3 Å². The molecule has 1 atom stereocenters. The van der Waals surface area contributed by atoms with Crippen LogP contribution >= 0.6 is 0 Å². The van der Waals surface area contributed by atoms with Gasteiger partial charge in [-0.3, -0.25) is 4.79 Å². The van der Waals surface area contributed by atoms with Crippen molar-refractivity contribution in [2.75, 3.05) is 29.5 Å². The average molecular weight is 465 g/mol. The third-order valence-electron chi connectivity index (χ3n) is 4.80. The van der Waals surface area contributed by atoms with E-state index in [0.717, 1.165) is 6.42 Å². The van der Waals surface area contributed by atoms with Crippen molar-refractivity contribution in [2.45, 2.75) is 26.3 Å². The molecule has 0 aliphatic heterocycles. The molecule has 0 fully saturated rings. The molecule has 0 bridgehead atoms. The maximum atomic E-state index is 14.4. The summed E-state index contributed by atoms with van der Waals surface area (Å²) in [7, 11) is 1.68. The zero-order valence-electron chi connectivity index (χ0n) is 19.2. The molecule has 1 amide bonds. The molecule has 0 unspecified atom stereocenters. The number of hydrogen-bond acceptors (Lipinski definition) is 6. The maximum Gasteiger partial charge on any atom is 0.241 e. The number of aromatic nitrogens is 2. The van der Waals surface area contributed by atoms with Crippen LogP contribution in [0.25, 0.3) is 0 Å². The van der Waals surface area contributed by atoms with Gasteiger partial charge in [0.25, 0.3) is 0 Å². The molecule has 0 spiro atoms. The number of benzene rings is 2. The Hall–Kier alpha value is -4.03. The highest BCUT2D eigenvalue weighted by molar-refractivity contribution is 5.94. The minimum absolute atomic E-state index is 0.123. The zero-order valence-corrected chi connectivity index (χ0v) is 19.2. The predicted molar refractivity (Wildman–Crippen MR) is 130 cm³/mol. The minimum Gasteiger partial charge on any atom is -0.369 e.